The molecule has 2 heterocycles. The third-order valence-electron chi connectivity index (χ3n) is 6.86. The topological polar surface area (TPSA) is 124 Å². The Balaban J connectivity index is 1.37. The number of esters is 1. The molecule has 45 heavy (non-hydrogen) atoms. The quantitative estimate of drug-likeness (QED) is 0.156. The van der Waals surface area contributed by atoms with Gasteiger partial charge in [-0.1, -0.05) is 23.9 Å². The summed E-state index contributed by atoms with van der Waals surface area (Å²) in [5.41, 5.74) is 0.793. The number of nitrogens with one attached hydrogen (secondary N) is 2. The summed E-state index contributed by atoms with van der Waals surface area (Å²) in [7, 11) is 1.47. The number of fused-ring (bicyclic) bond motifs is 1. The number of carbonyl (C=O) groups is 3. The molecule has 0 fully saturated rings. The van der Waals surface area contributed by atoms with Crippen molar-refractivity contribution in [2.24, 2.45) is 0 Å². The van der Waals surface area contributed by atoms with E-state index < -0.39 is 29.5 Å². The second-order valence-electron chi connectivity index (χ2n) is 9.82. The average molecular weight is 660 g/mol. The monoisotopic (exact) mass is 659 g/mol. The van der Waals surface area contributed by atoms with Gasteiger partial charge in [-0.2, -0.15) is 13.2 Å². The molecule has 0 atom stereocenters. The number of thioether (sulfide) groups is 1. The number of nitrogens with zero attached hydrogens (tertiary/aromatic N) is 3. The van der Waals surface area contributed by atoms with Crippen molar-refractivity contribution in [3.63, 3.8) is 0 Å². The van der Waals surface area contributed by atoms with Crippen molar-refractivity contribution in [3.8, 4) is 11.4 Å². The average Bonchev–Trinajstić information content (AvgIpc) is 3.73. The summed E-state index contributed by atoms with van der Waals surface area (Å²) < 4.78 is 52.5. The van der Waals surface area contributed by atoms with E-state index in [9.17, 15) is 27.6 Å². The molecule has 0 bridgehead atoms. The number of aromatic nitrogens is 3. The molecule has 2 amide bonds. The first-order valence-electron chi connectivity index (χ1n) is 13.9. The number of carbonyl (C=O) groups excluding carboxylic acids is 3. The molecule has 0 saturated carbocycles. The van der Waals surface area contributed by atoms with Gasteiger partial charge in [0, 0.05) is 10.4 Å². The first-order valence-corrected chi connectivity index (χ1v) is 15.7. The molecule has 5 rings (SSSR count). The number of halogens is 3. The Hall–Kier alpha value is -4.37. The molecule has 2 aromatic carbocycles. The van der Waals surface area contributed by atoms with Gasteiger partial charge in [0.25, 0.3) is 5.91 Å². The number of anilines is 1. The third kappa shape index (κ3) is 7.31. The van der Waals surface area contributed by atoms with E-state index in [1.165, 1.54) is 35.1 Å². The summed E-state index contributed by atoms with van der Waals surface area (Å²) in [6.45, 7) is 1.73. The lowest BCUT2D eigenvalue weighted by Crippen LogP contribution is -2.24. The maximum atomic E-state index is 13.6. The Bertz CT molecular complexity index is 1740. The maximum Gasteiger partial charge on any atom is 0.416 e. The second-order valence-corrected chi connectivity index (χ2v) is 11.9. The van der Waals surface area contributed by atoms with Gasteiger partial charge in [-0.05, 0) is 68.1 Å². The molecule has 2 aromatic heterocycles. The molecule has 0 radical (unpaired) electrons. The van der Waals surface area contributed by atoms with Gasteiger partial charge in [0.15, 0.2) is 11.0 Å². The second kappa shape index (κ2) is 13.7. The molecule has 1 aliphatic carbocycles. The van der Waals surface area contributed by atoms with Crippen molar-refractivity contribution in [1.29, 1.82) is 0 Å². The van der Waals surface area contributed by atoms with E-state index in [1.54, 1.807) is 31.2 Å². The predicted molar refractivity (Wildman–Crippen MR) is 162 cm³/mol. The molecule has 4 aromatic rings. The van der Waals surface area contributed by atoms with Crippen LogP contribution >= 0.6 is 23.1 Å². The van der Waals surface area contributed by atoms with Crippen LogP contribution in [0, 0.1) is 0 Å². The largest absolute Gasteiger partial charge is 0.497 e. The van der Waals surface area contributed by atoms with E-state index in [2.05, 4.69) is 20.8 Å². The fourth-order valence-electron chi connectivity index (χ4n) is 4.82. The number of thiophene rings is 1. The van der Waals surface area contributed by atoms with Gasteiger partial charge in [-0.3, -0.25) is 14.2 Å². The van der Waals surface area contributed by atoms with E-state index in [0.29, 0.717) is 21.9 Å². The van der Waals surface area contributed by atoms with Crippen LogP contribution < -0.4 is 15.4 Å². The standard InChI is InChI=1S/C30H28F3N5O5S2/c1-3-43-28(41)25-21-11-6-12-22(21)45-27(25)35-24(39)16-44-29-37-36-23(15-34-26(40)17-7-4-10-20(13-17)42-2)38(29)19-9-5-8-18(14-19)30(31,32)33/h4-5,7-10,13-14H,3,6,11-12,15-16H2,1-2H3,(H,34,40)(H,35,39). The van der Waals surface area contributed by atoms with Crippen LogP contribution in [0.1, 0.15) is 55.9 Å². The highest BCUT2D eigenvalue weighted by Gasteiger charge is 2.31. The first kappa shape index (κ1) is 32.0. The van der Waals surface area contributed by atoms with Gasteiger partial charge in [0.05, 0.1) is 42.8 Å². The molecule has 0 saturated heterocycles. The number of amides is 2. The van der Waals surface area contributed by atoms with Crippen LogP contribution in [0.15, 0.2) is 53.7 Å². The zero-order chi connectivity index (χ0) is 32.1. The van der Waals surface area contributed by atoms with Crippen molar-refractivity contribution in [2.75, 3.05) is 24.8 Å². The number of benzene rings is 2. The fourth-order valence-corrected chi connectivity index (χ4v) is 6.88. The van der Waals surface area contributed by atoms with Crippen LogP contribution in [0.2, 0.25) is 0 Å². The summed E-state index contributed by atoms with van der Waals surface area (Å²) in [5, 5.41) is 14.3. The Labute approximate surface area is 264 Å². The molecular weight excluding hydrogens is 631 g/mol. The fraction of sp³-hybridized carbons (Fsp3) is 0.300. The number of aryl methyl sites for hydroxylation is 1. The number of methoxy groups -OCH3 is 1. The van der Waals surface area contributed by atoms with E-state index in [-0.39, 0.29) is 35.6 Å². The van der Waals surface area contributed by atoms with Crippen molar-refractivity contribution >= 4 is 45.9 Å². The number of hydrogen-bond acceptors (Lipinski definition) is 9. The van der Waals surface area contributed by atoms with Gasteiger partial charge in [0.2, 0.25) is 5.91 Å². The van der Waals surface area contributed by atoms with E-state index in [1.807, 2.05) is 0 Å². The van der Waals surface area contributed by atoms with E-state index >= 15 is 0 Å². The highest BCUT2D eigenvalue weighted by Crippen LogP contribution is 2.40. The van der Waals surface area contributed by atoms with Crippen LogP contribution in [-0.4, -0.2) is 52.0 Å². The number of alkyl halides is 3. The zero-order valence-corrected chi connectivity index (χ0v) is 25.8. The lowest BCUT2D eigenvalue weighted by Gasteiger charge is -2.14. The van der Waals surface area contributed by atoms with Crippen LogP contribution in [-0.2, 0) is 35.1 Å². The molecule has 0 spiro atoms. The smallest absolute Gasteiger partial charge is 0.416 e. The minimum Gasteiger partial charge on any atom is -0.497 e. The number of hydrogen-bond donors (Lipinski definition) is 2. The normalized spacial score (nSPS) is 12.5. The lowest BCUT2D eigenvalue weighted by molar-refractivity contribution is -0.137. The minimum atomic E-state index is -4.60. The van der Waals surface area contributed by atoms with Gasteiger partial charge in [0.1, 0.15) is 10.8 Å². The van der Waals surface area contributed by atoms with Crippen LogP contribution in [0.3, 0.4) is 0 Å². The molecule has 2 N–H and O–H groups in total. The zero-order valence-electron chi connectivity index (χ0n) is 24.2. The summed E-state index contributed by atoms with van der Waals surface area (Å²) in [4.78, 5) is 39.6. The summed E-state index contributed by atoms with van der Waals surface area (Å²) in [6, 6.07) is 11.1. The first-order chi connectivity index (χ1) is 21.6. The lowest BCUT2D eigenvalue weighted by atomic mass is 10.1. The Morgan fingerprint density at radius 3 is 2.64 bits per heavy atom. The summed E-state index contributed by atoms with van der Waals surface area (Å²) in [5.74, 6) is -0.956. The summed E-state index contributed by atoms with van der Waals surface area (Å²) in [6.07, 6.45) is -2.14. The highest BCUT2D eigenvalue weighted by atomic mass is 32.2. The maximum absolute atomic E-state index is 13.6. The van der Waals surface area contributed by atoms with Gasteiger partial charge >= 0.3 is 12.1 Å². The van der Waals surface area contributed by atoms with E-state index in [4.69, 9.17) is 9.47 Å². The molecule has 0 aliphatic heterocycles. The van der Waals surface area contributed by atoms with Crippen LogP contribution in [0.4, 0.5) is 18.2 Å². The molecule has 10 nitrogen and oxygen atoms in total. The number of rotatable bonds is 11. The third-order valence-corrected chi connectivity index (χ3v) is 8.99. The molecule has 1 aliphatic rings. The molecular formula is C30H28F3N5O5S2. The van der Waals surface area contributed by atoms with E-state index in [0.717, 1.165) is 53.6 Å². The van der Waals surface area contributed by atoms with Crippen molar-refractivity contribution in [2.45, 2.75) is 44.1 Å². The summed E-state index contributed by atoms with van der Waals surface area (Å²) >= 11 is 2.29. The van der Waals surface area contributed by atoms with Crippen LogP contribution in [0.5, 0.6) is 5.75 Å². The predicted octanol–water partition coefficient (Wildman–Crippen LogP) is 5.68. The SMILES string of the molecule is CCOC(=O)c1c(NC(=O)CSc2nnc(CNC(=O)c3cccc(OC)c3)n2-c2cccc(C(F)(F)F)c2)sc2c1CCC2. The molecule has 15 heteroatoms. The molecule has 236 valence electrons. The Kier molecular flexibility index (Phi) is 9.77. The Morgan fingerprint density at radius 2 is 1.89 bits per heavy atom. The van der Waals surface area contributed by atoms with Gasteiger partial charge in [-0.15, -0.1) is 21.5 Å². The minimum absolute atomic E-state index is 0.0997. The van der Waals surface area contributed by atoms with Crippen molar-refractivity contribution < 1.29 is 37.0 Å². The Morgan fingerprint density at radius 1 is 1.09 bits per heavy atom. The van der Waals surface area contributed by atoms with Crippen molar-refractivity contribution in [1.82, 2.24) is 20.1 Å². The number of ether oxygens (including phenoxy) is 2. The highest BCUT2D eigenvalue weighted by molar-refractivity contribution is 7.99. The van der Waals surface area contributed by atoms with Gasteiger partial charge < -0.3 is 20.1 Å². The van der Waals surface area contributed by atoms with Crippen LogP contribution in [0.25, 0.3) is 5.69 Å². The van der Waals surface area contributed by atoms with Gasteiger partial charge in [-0.25, -0.2) is 4.79 Å². The molecule has 0 unspecified atom stereocenters. The van der Waals surface area contributed by atoms with Crippen molar-refractivity contribution in [3.05, 3.63) is 81.5 Å².